The van der Waals surface area contributed by atoms with Crippen molar-refractivity contribution < 1.29 is 14.6 Å². The van der Waals surface area contributed by atoms with E-state index in [1.54, 1.807) is 25.4 Å². The van der Waals surface area contributed by atoms with Crippen molar-refractivity contribution in [2.24, 2.45) is 0 Å². The number of benzene rings is 1. The zero-order valence-corrected chi connectivity index (χ0v) is 15.0. The maximum atomic E-state index is 12.4. The van der Waals surface area contributed by atoms with E-state index in [1.165, 1.54) is 0 Å². The molecule has 1 aliphatic heterocycles. The van der Waals surface area contributed by atoms with Crippen LogP contribution in [0.3, 0.4) is 0 Å². The van der Waals surface area contributed by atoms with E-state index in [9.17, 15) is 9.90 Å². The van der Waals surface area contributed by atoms with Gasteiger partial charge in [-0.1, -0.05) is 12.1 Å². The number of rotatable bonds is 7. The van der Waals surface area contributed by atoms with Gasteiger partial charge in [-0.25, -0.2) is 4.98 Å². The van der Waals surface area contributed by atoms with Gasteiger partial charge >= 0.3 is 0 Å². The van der Waals surface area contributed by atoms with Crippen LogP contribution in [0.2, 0.25) is 0 Å². The number of aromatic nitrogens is 1. The normalized spacial score (nSPS) is 16.5. The van der Waals surface area contributed by atoms with Crippen molar-refractivity contribution >= 4 is 11.7 Å². The number of carbonyl (C=O) groups excluding carboxylic acids is 1. The molecule has 2 aromatic rings. The summed E-state index contributed by atoms with van der Waals surface area (Å²) in [5, 5.41) is 12.4. The smallest absolute Gasteiger partial charge is 0.251 e. The summed E-state index contributed by atoms with van der Waals surface area (Å²) in [5.41, 5.74) is 1.73. The number of aliphatic hydroxyl groups excluding tert-OH is 1. The molecule has 0 bridgehead atoms. The lowest BCUT2D eigenvalue weighted by atomic mass is 10.1. The van der Waals surface area contributed by atoms with Crippen LogP contribution in [0.4, 0.5) is 5.82 Å². The minimum Gasteiger partial charge on any atom is -0.497 e. The molecular formula is C20H25N3O3. The Labute approximate surface area is 153 Å². The SMILES string of the molecule is COc1ccc(CCNC(=O)c2ccnc(N3CCCC3CO)c2)cc1. The Morgan fingerprint density at radius 3 is 2.88 bits per heavy atom. The van der Waals surface area contributed by atoms with E-state index in [1.807, 2.05) is 24.3 Å². The average Bonchev–Trinajstić information content (AvgIpc) is 3.17. The van der Waals surface area contributed by atoms with E-state index in [2.05, 4.69) is 15.2 Å². The summed E-state index contributed by atoms with van der Waals surface area (Å²) in [4.78, 5) is 18.9. The molecule has 6 heteroatoms. The van der Waals surface area contributed by atoms with Crippen LogP contribution >= 0.6 is 0 Å². The van der Waals surface area contributed by atoms with Gasteiger partial charge in [-0.2, -0.15) is 0 Å². The Morgan fingerprint density at radius 1 is 1.35 bits per heavy atom. The number of nitrogens with zero attached hydrogens (tertiary/aromatic N) is 2. The summed E-state index contributed by atoms with van der Waals surface area (Å²) >= 11 is 0. The van der Waals surface area contributed by atoms with Crippen molar-refractivity contribution in [2.75, 3.05) is 31.7 Å². The van der Waals surface area contributed by atoms with Crippen molar-refractivity contribution in [3.63, 3.8) is 0 Å². The van der Waals surface area contributed by atoms with Crippen LogP contribution in [0, 0.1) is 0 Å². The zero-order chi connectivity index (χ0) is 18.4. The first-order valence-electron chi connectivity index (χ1n) is 8.96. The van der Waals surface area contributed by atoms with Crippen LogP contribution in [-0.2, 0) is 6.42 Å². The molecule has 3 rings (SSSR count). The second-order valence-corrected chi connectivity index (χ2v) is 6.43. The highest BCUT2D eigenvalue weighted by Gasteiger charge is 2.25. The highest BCUT2D eigenvalue weighted by atomic mass is 16.5. The van der Waals surface area contributed by atoms with Crippen LogP contribution in [0.15, 0.2) is 42.6 Å². The fourth-order valence-corrected chi connectivity index (χ4v) is 3.26. The quantitative estimate of drug-likeness (QED) is 0.795. The molecular weight excluding hydrogens is 330 g/mol. The molecule has 0 aliphatic carbocycles. The summed E-state index contributed by atoms with van der Waals surface area (Å²) in [6.07, 6.45) is 4.40. The van der Waals surface area contributed by atoms with Crippen LogP contribution in [0.25, 0.3) is 0 Å². The van der Waals surface area contributed by atoms with Gasteiger partial charge < -0.3 is 20.1 Å². The maximum Gasteiger partial charge on any atom is 0.251 e. The molecule has 1 aliphatic rings. The molecule has 138 valence electrons. The second-order valence-electron chi connectivity index (χ2n) is 6.43. The zero-order valence-electron chi connectivity index (χ0n) is 15.0. The van der Waals surface area contributed by atoms with E-state index in [4.69, 9.17) is 4.74 Å². The third-order valence-electron chi connectivity index (χ3n) is 4.75. The first-order chi connectivity index (χ1) is 12.7. The lowest BCUT2D eigenvalue weighted by Crippen LogP contribution is -2.33. The molecule has 1 saturated heterocycles. The van der Waals surface area contributed by atoms with Gasteiger partial charge in [0.05, 0.1) is 19.8 Å². The number of aliphatic hydroxyl groups is 1. The highest BCUT2D eigenvalue weighted by molar-refractivity contribution is 5.94. The third-order valence-corrected chi connectivity index (χ3v) is 4.75. The van der Waals surface area contributed by atoms with Crippen molar-refractivity contribution in [3.05, 3.63) is 53.7 Å². The lowest BCUT2D eigenvalue weighted by molar-refractivity contribution is 0.0954. The molecule has 1 fully saturated rings. The molecule has 2 heterocycles. The third kappa shape index (κ3) is 4.32. The number of hydrogen-bond acceptors (Lipinski definition) is 5. The number of pyridine rings is 1. The standard InChI is InChI=1S/C20H25N3O3/c1-26-18-6-4-15(5-7-18)8-10-22-20(25)16-9-11-21-19(13-16)23-12-2-3-17(23)14-24/h4-7,9,11,13,17,24H,2-3,8,10,12,14H2,1H3,(H,22,25). The average molecular weight is 355 g/mol. The number of anilines is 1. The molecule has 1 unspecified atom stereocenters. The summed E-state index contributed by atoms with van der Waals surface area (Å²) in [7, 11) is 1.64. The van der Waals surface area contributed by atoms with Gasteiger partial charge in [0.25, 0.3) is 5.91 Å². The van der Waals surface area contributed by atoms with Crippen molar-refractivity contribution in [3.8, 4) is 5.75 Å². The Hall–Kier alpha value is -2.60. The van der Waals surface area contributed by atoms with Crippen molar-refractivity contribution in [2.45, 2.75) is 25.3 Å². The molecule has 0 radical (unpaired) electrons. The Kier molecular flexibility index (Phi) is 6.07. The van der Waals surface area contributed by atoms with Gasteiger partial charge in [-0.15, -0.1) is 0 Å². The molecule has 6 nitrogen and oxygen atoms in total. The van der Waals surface area contributed by atoms with E-state index in [0.29, 0.717) is 12.1 Å². The molecule has 0 saturated carbocycles. The first-order valence-corrected chi connectivity index (χ1v) is 8.96. The van der Waals surface area contributed by atoms with Crippen LogP contribution in [0.1, 0.15) is 28.8 Å². The number of methoxy groups -OCH3 is 1. The molecule has 26 heavy (non-hydrogen) atoms. The summed E-state index contributed by atoms with van der Waals surface area (Å²) < 4.78 is 5.14. The molecule has 2 N–H and O–H groups in total. The summed E-state index contributed by atoms with van der Waals surface area (Å²) in [6, 6.07) is 11.4. The van der Waals surface area contributed by atoms with E-state index in [-0.39, 0.29) is 18.6 Å². The largest absolute Gasteiger partial charge is 0.497 e. The number of nitrogens with one attached hydrogen (secondary N) is 1. The van der Waals surface area contributed by atoms with Gasteiger partial charge in [0, 0.05) is 24.8 Å². The van der Waals surface area contributed by atoms with Crippen LogP contribution in [0.5, 0.6) is 5.75 Å². The number of hydrogen-bond donors (Lipinski definition) is 2. The lowest BCUT2D eigenvalue weighted by Gasteiger charge is -2.24. The molecule has 1 amide bonds. The van der Waals surface area contributed by atoms with Crippen molar-refractivity contribution in [1.29, 1.82) is 0 Å². The van der Waals surface area contributed by atoms with Gasteiger partial charge in [0.15, 0.2) is 0 Å². The first kappa shape index (κ1) is 18.2. The van der Waals surface area contributed by atoms with Crippen LogP contribution < -0.4 is 15.0 Å². The molecule has 1 aromatic carbocycles. The van der Waals surface area contributed by atoms with Gasteiger partial charge in [0.2, 0.25) is 0 Å². The highest BCUT2D eigenvalue weighted by Crippen LogP contribution is 2.24. The van der Waals surface area contributed by atoms with E-state index in [0.717, 1.165) is 42.9 Å². The van der Waals surface area contributed by atoms with Gasteiger partial charge in [-0.05, 0) is 49.1 Å². The maximum absolute atomic E-state index is 12.4. The minimum atomic E-state index is -0.109. The van der Waals surface area contributed by atoms with E-state index >= 15 is 0 Å². The number of ether oxygens (including phenoxy) is 1. The van der Waals surface area contributed by atoms with Crippen molar-refractivity contribution in [1.82, 2.24) is 10.3 Å². The number of amides is 1. The minimum absolute atomic E-state index is 0.0934. The fraction of sp³-hybridized carbons (Fsp3) is 0.400. The topological polar surface area (TPSA) is 74.7 Å². The fourth-order valence-electron chi connectivity index (χ4n) is 3.26. The Morgan fingerprint density at radius 2 is 2.15 bits per heavy atom. The predicted molar refractivity (Wildman–Crippen MR) is 101 cm³/mol. The summed E-state index contributed by atoms with van der Waals surface area (Å²) in [5.74, 6) is 1.47. The Bertz CT molecular complexity index is 733. The van der Waals surface area contributed by atoms with Gasteiger partial charge in [0.1, 0.15) is 11.6 Å². The number of carbonyl (C=O) groups is 1. The molecule has 1 aromatic heterocycles. The van der Waals surface area contributed by atoms with Crippen LogP contribution in [-0.4, -0.2) is 48.8 Å². The summed E-state index contributed by atoms with van der Waals surface area (Å²) in [6.45, 7) is 1.53. The second kappa shape index (κ2) is 8.67. The monoisotopic (exact) mass is 355 g/mol. The molecule has 0 spiro atoms. The van der Waals surface area contributed by atoms with Gasteiger partial charge in [-0.3, -0.25) is 4.79 Å². The van der Waals surface area contributed by atoms with E-state index < -0.39 is 0 Å². The Balaban J connectivity index is 1.56. The molecule has 1 atom stereocenters. The predicted octanol–water partition coefficient (Wildman–Crippen LogP) is 2.02.